The zero-order valence-corrected chi connectivity index (χ0v) is 13.5. The van der Waals surface area contributed by atoms with Crippen LogP contribution in [0.1, 0.15) is 22.3 Å². The first kappa shape index (κ1) is 16.8. The summed E-state index contributed by atoms with van der Waals surface area (Å²) in [6.45, 7) is 4.05. The number of benzene rings is 2. The molecule has 1 N–H and O–H groups in total. The van der Waals surface area contributed by atoms with E-state index < -0.39 is 5.97 Å². The van der Waals surface area contributed by atoms with Gasteiger partial charge in [0.25, 0.3) is 0 Å². The Morgan fingerprint density at radius 1 is 1.09 bits per heavy atom. The largest absolute Gasteiger partial charge is 0.478 e. The number of rotatable bonds is 6. The minimum Gasteiger partial charge on any atom is -0.478 e. The minimum absolute atomic E-state index is 0.101. The fourth-order valence-electron chi connectivity index (χ4n) is 2.28. The van der Waals surface area contributed by atoms with Crippen molar-refractivity contribution in [3.8, 4) is 5.75 Å². The van der Waals surface area contributed by atoms with Gasteiger partial charge in [-0.05, 0) is 37.1 Å². The van der Waals surface area contributed by atoms with E-state index >= 15 is 0 Å². The van der Waals surface area contributed by atoms with Crippen LogP contribution in [0.5, 0.6) is 5.75 Å². The first-order valence-corrected chi connectivity index (χ1v) is 7.25. The second-order valence-corrected chi connectivity index (χ2v) is 5.31. The van der Waals surface area contributed by atoms with Crippen LogP contribution < -0.4 is 4.74 Å². The maximum Gasteiger partial charge on any atom is 0.328 e. The summed E-state index contributed by atoms with van der Waals surface area (Å²) in [5, 5.41) is 9.26. The van der Waals surface area contributed by atoms with Crippen LogP contribution in [-0.4, -0.2) is 25.0 Å². The Balaban J connectivity index is 2.57. The number of ether oxygens (including phenoxy) is 2. The molecule has 0 aliphatic carbocycles. The zero-order valence-electron chi connectivity index (χ0n) is 13.5. The van der Waals surface area contributed by atoms with Gasteiger partial charge in [0, 0.05) is 18.7 Å². The summed E-state index contributed by atoms with van der Waals surface area (Å²) in [4.78, 5) is 11.3. The van der Waals surface area contributed by atoms with E-state index in [-0.39, 0.29) is 6.79 Å². The van der Waals surface area contributed by atoms with Crippen LogP contribution in [0.4, 0.5) is 0 Å². The number of hydrogen-bond donors (Lipinski definition) is 1. The van der Waals surface area contributed by atoms with E-state index in [0.29, 0.717) is 11.3 Å². The molecule has 0 spiro atoms. The number of methoxy groups -OCH3 is 1. The second-order valence-electron chi connectivity index (χ2n) is 5.31. The van der Waals surface area contributed by atoms with Crippen molar-refractivity contribution in [2.45, 2.75) is 13.8 Å². The molecule has 4 heteroatoms. The highest BCUT2D eigenvalue weighted by molar-refractivity contribution is 5.96. The molecule has 120 valence electrons. The summed E-state index contributed by atoms with van der Waals surface area (Å²) in [6, 6.07) is 13.4. The molecule has 2 aromatic rings. The van der Waals surface area contributed by atoms with Crippen molar-refractivity contribution >= 4 is 11.5 Å². The van der Waals surface area contributed by atoms with Gasteiger partial charge in [-0.15, -0.1) is 0 Å². The average molecular weight is 312 g/mol. The van der Waals surface area contributed by atoms with E-state index in [0.717, 1.165) is 22.3 Å². The lowest BCUT2D eigenvalue weighted by molar-refractivity contribution is -0.131. The lowest BCUT2D eigenvalue weighted by Crippen LogP contribution is -2.03. The monoisotopic (exact) mass is 312 g/mol. The Labute approximate surface area is 136 Å². The van der Waals surface area contributed by atoms with Crippen LogP contribution in [0.25, 0.3) is 5.57 Å². The quantitative estimate of drug-likeness (QED) is 0.651. The smallest absolute Gasteiger partial charge is 0.328 e. The third kappa shape index (κ3) is 4.44. The lowest BCUT2D eigenvalue weighted by atomic mass is 9.95. The zero-order chi connectivity index (χ0) is 16.8. The Morgan fingerprint density at radius 3 is 2.35 bits per heavy atom. The fraction of sp³-hybridized carbons (Fsp3) is 0.211. The summed E-state index contributed by atoms with van der Waals surface area (Å²) in [5.74, 6) is -0.412. The molecule has 0 atom stereocenters. The maximum absolute atomic E-state index is 11.3. The van der Waals surface area contributed by atoms with Crippen LogP contribution in [0.2, 0.25) is 0 Å². The van der Waals surface area contributed by atoms with Crippen molar-refractivity contribution in [2.75, 3.05) is 13.9 Å². The molecule has 23 heavy (non-hydrogen) atoms. The number of carboxylic acid groups (broad SMARTS) is 1. The topological polar surface area (TPSA) is 55.8 Å². The number of carboxylic acids is 1. The van der Waals surface area contributed by atoms with Gasteiger partial charge in [0.15, 0.2) is 6.79 Å². The Morgan fingerprint density at radius 2 is 1.74 bits per heavy atom. The molecule has 0 amide bonds. The van der Waals surface area contributed by atoms with Gasteiger partial charge in [-0.2, -0.15) is 0 Å². The Hall–Kier alpha value is -2.59. The molecule has 0 aliphatic heterocycles. The molecule has 0 heterocycles. The molecule has 0 bridgehead atoms. The predicted octanol–water partition coefficient (Wildman–Crippen LogP) is 3.80. The summed E-state index contributed by atoms with van der Waals surface area (Å²) in [6.07, 6.45) is 1.21. The van der Waals surface area contributed by atoms with Crippen molar-refractivity contribution in [3.63, 3.8) is 0 Å². The van der Waals surface area contributed by atoms with Crippen LogP contribution >= 0.6 is 0 Å². The predicted molar refractivity (Wildman–Crippen MR) is 89.6 cm³/mol. The van der Waals surface area contributed by atoms with Crippen molar-refractivity contribution in [1.29, 1.82) is 0 Å². The molecule has 0 saturated carbocycles. The Bertz CT molecular complexity index is 715. The molecule has 0 unspecified atom stereocenters. The van der Waals surface area contributed by atoms with E-state index in [1.54, 1.807) is 7.11 Å². The molecule has 2 aromatic carbocycles. The summed E-state index contributed by atoms with van der Waals surface area (Å²) >= 11 is 0. The van der Waals surface area contributed by atoms with E-state index in [1.165, 1.54) is 6.08 Å². The fourth-order valence-corrected chi connectivity index (χ4v) is 2.28. The van der Waals surface area contributed by atoms with E-state index in [2.05, 4.69) is 0 Å². The van der Waals surface area contributed by atoms with Gasteiger partial charge in [0.1, 0.15) is 5.75 Å². The number of carbonyl (C=O) groups is 1. The summed E-state index contributed by atoms with van der Waals surface area (Å²) in [5.41, 5.74) is 4.29. The van der Waals surface area contributed by atoms with Crippen LogP contribution in [0.15, 0.2) is 48.5 Å². The van der Waals surface area contributed by atoms with Crippen LogP contribution in [0, 0.1) is 13.8 Å². The first-order valence-electron chi connectivity index (χ1n) is 7.25. The minimum atomic E-state index is -1.00. The van der Waals surface area contributed by atoms with Crippen LogP contribution in [0.3, 0.4) is 0 Å². The average Bonchev–Trinajstić information content (AvgIpc) is 2.52. The highest BCUT2D eigenvalue weighted by atomic mass is 16.7. The molecule has 0 saturated heterocycles. The number of aryl methyl sites for hydroxylation is 2. The third-order valence-corrected chi connectivity index (χ3v) is 3.39. The van der Waals surface area contributed by atoms with Gasteiger partial charge in [-0.1, -0.05) is 41.5 Å². The van der Waals surface area contributed by atoms with Crippen molar-refractivity contribution in [3.05, 3.63) is 70.8 Å². The van der Waals surface area contributed by atoms with E-state index in [1.807, 2.05) is 56.3 Å². The molecular formula is C19H20O4. The van der Waals surface area contributed by atoms with E-state index in [9.17, 15) is 9.90 Å². The SMILES string of the molecule is COCOc1ccc(C)cc1/C(=C/C(=O)O)c1ccc(C)cc1. The third-order valence-electron chi connectivity index (χ3n) is 3.39. The highest BCUT2D eigenvalue weighted by Crippen LogP contribution is 2.32. The van der Waals surface area contributed by atoms with E-state index in [4.69, 9.17) is 9.47 Å². The normalized spacial score (nSPS) is 11.3. The summed E-state index contributed by atoms with van der Waals surface area (Å²) in [7, 11) is 1.54. The Kier molecular flexibility index (Phi) is 5.55. The van der Waals surface area contributed by atoms with Gasteiger partial charge in [0.05, 0.1) is 0 Å². The van der Waals surface area contributed by atoms with Gasteiger partial charge >= 0.3 is 5.97 Å². The van der Waals surface area contributed by atoms with Crippen molar-refractivity contribution < 1.29 is 19.4 Å². The number of aliphatic carboxylic acids is 1. The van der Waals surface area contributed by atoms with Gasteiger partial charge < -0.3 is 14.6 Å². The standard InChI is InChI=1S/C19H20O4/c1-13-4-7-15(8-5-13)16(11-19(20)21)17-10-14(2)6-9-18(17)23-12-22-3/h4-11H,12H2,1-3H3,(H,20,21)/b16-11+. The van der Waals surface area contributed by atoms with Gasteiger partial charge in [-0.25, -0.2) is 4.79 Å². The molecule has 4 nitrogen and oxygen atoms in total. The summed E-state index contributed by atoms with van der Waals surface area (Å²) < 4.78 is 10.5. The maximum atomic E-state index is 11.3. The molecule has 0 aromatic heterocycles. The molecule has 0 fully saturated rings. The van der Waals surface area contributed by atoms with Gasteiger partial charge in [0.2, 0.25) is 0 Å². The van der Waals surface area contributed by atoms with Crippen molar-refractivity contribution in [2.24, 2.45) is 0 Å². The molecule has 0 aliphatic rings. The lowest BCUT2D eigenvalue weighted by Gasteiger charge is -2.15. The highest BCUT2D eigenvalue weighted by Gasteiger charge is 2.13. The van der Waals surface area contributed by atoms with Crippen molar-refractivity contribution in [1.82, 2.24) is 0 Å². The molecule has 2 rings (SSSR count). The molecular weight excluding hydrogens is 292 g/mol. The van der Waals surface area contributed by atoms with Crippen LogP contribution in [-0.2, 0) is 9.53 Å². The number of hydrogen-bond acceptors (Lipinski definition) is 3. The first-order chi connectivity index (χ1) is 11.0. The van der Waals surface area contributed by atoms with Gasteiger partial charge in [-0.3, -0.25) is 0 Å². The molecule has 0 radical (unpaired) electrons. The second kappa shape index (κ2) is 7.61.